The molecule has 0 radical (unpaired) electrons. The summed E-state index contributed by atoms with van der Waals surface area (Å²) in [5.74, 6) is -0.335. The normalized spacial score (nSPS) is 14.1. The van der Waals surface area contributed by atoms with Crippen molar-refractivity contribution in [2.45, 2.75) is 18.6 Å². The third kappa shape index (κ3) is 4.11. The van der Waals surface area contributed by atoms with Gasteiger partial charge in [0.1, 0.15) is 6.10 Å². The minimum atomic E-state index is -0.966. The molecule has 2 atom stereocenters. The molecule has 0 aliphatic heterocycles. The van der Waals surface area contributed by atoms with Crippen molar-refractivity contribution in [1.29, 1.82) is 0 Å². The Labute approximate surface area is 108 Å². The van der Waals surface area contributed by atoms with Crippen molar-refractivity contribution in [2.24, 2.45) is 0 Å². The van der Waals surface area contributed by atoms with E-state index in [1.165, 1.54) is 7.11 Å². The van der Waals surface area contributed by atoms with E-state index in [1.54, 1.807) is 24.3 Å². The van der Waals surface area contributed by atoms with E-state index in [2.05, 4.69) is 20.7 Å². The summed E-state index contributed by atoms with van der Waals surface area (Å²) in [5, 5.41) is 19.6. The Bertz CT molecular complexity index is 381. The lowest BCUT2D eigenvalue weighted by atomic mass is 10.0. The first kappa shape index (κ1) is 14.2. The molecule has 0 saturated heterocycles. The highest BCUT2D eigenvalue weighted by Crippen LogP contribution is 2.19. The van der Waals surface area contributed by atoms with Crippen molar-refractivity contribution >= 4 is 21.9 Å². The van der Waals surface area contributed by atoms with E-state index in [0.717, 1.165) is 5.56 Å². The Morgan fingerprint density at radius 3 is 2.76 bits per heavy atom. The molecule has 0 saturated carbocycles. The maximum atomic E-state index is 11.1. The van der Waals surface area contributed by atoms with E-state index in [-0.39, 0.29) is 17.7 Å². The molecule has 1 aromatic carbocycles. The summed E-state index contributed by atoms with van der Waals surface area (Å²) < 4.78 is 4.56. The second-order valence-electron chi connectivity index (χ2n) is 3.66. The van der Waals surface area contributed by atoms with Crippen LogP contribution in [0.1, 0.15) is 17.2 Å². The highest BCUT2D eigenvalue weighted by Gasteiger charge is 2.17. The number of rotatable bonds is 5. The number of alkyl halides is 1. The van der Waals surface area contributed by atoms with Crippen LogP contribution in [0, 0.1) is 0 Å². The summed E-state index contributed by atoms with van der Waals surface area (Å²) in [4.78, 5) is 11.1. The number of benzene rings is 1. The molecule has 0 bridgehead atoms. The lowest BCUT2D eigenvalue weighted by Crippen LogP contribution is -2.19. The molecule has 1 rings (SSSR count). The minimum Gasteiger partial charge on any atom is -0.469 e. The van der Waals surface area contributed by atoms with Crippen LogP contribution >= 0.6 is 15.9 Å². The van der Waals surface area contributed by atoms with Crippen LogP contribution in [0.4, 0.5) is 0 Å². The minimum absolute atomic E-state index is 0.154. The van der Waals surface area contributed by atoms with Gasteiger partial charge < -0.3 is 14.9 Å². The summed E-state index contributed by atoms with van der Waals surface area (Å²) in [6.45, 7) is 0. The van der Waals surface area contributed by atoms with E-state index in [4.69, 9.17) is 0 Å². The maximum absolute atomic E-state index is 11.1. The third-order valence-corrected chi connectivity index (χ3v) is 3.05. The number of ether oxygens (including phenoxy) is 1. The summed E-state index contributed by atoms with van der Waals surface area (Å²) >= 11 is 3.10. The van der Waals surface area contributed by atoms with Gasteiger partial charge in [-0.05, 0) is 11.1 Å². The number of carbonyl (C=O) groups is 1. The largest absolute Gasteiger partial charge is 0.469 e. The van der Waals surface area contributed by atoms with Gasteiger partial charge in [-0.2, -0.15) is 0 Å². The summed E-state index contributed by atoms with van der Waals surface area (Å²) in [6.07, 6.45) is -1.68. The maximum Gasteiger partial charge on any atom is 0.309 e. The van der Waals surface area contributed by atoms with Crippen molar-refractivity contribution in [3.05, 3.63) is 35.4 Å². The number of aliphatic hydroxyl groups excluding tert-OH is 2. The smallest absolute Gasteiger partial charge is 0.309 e. The zero-order valence-electron chi connectivity index (χ0n) is 9.47. The quantitative estimate of drug-likeness (QED) is 0.633. The molecule has 94 valence electrons. The average Bonchev–Trinajstić information content (AvgIpc) is 2.37. The van der Waals surface area contributed by atoms with Crippen molar-refractivity contribution in [1.82, 2.24) is 0 Å². The highest BCUT2D eigenvalue weighted by molar-refractivity contribution is 9.09. The van der Waals surface area contributed by atoms with Crippen LogP contribution in [0.15, 0.2) is 24.3 Å². The van der Waals surface area contributed by atoms with Crippen LogP contribution in [-0.4, -0.2) is 34.7 Å². The fourth-order valence-electron chi connectivity index (χ4n) is 1.43. The average molecular weight is 303 g/mol. The second kappa shape index (κ2) is 6.74. The van der Waals surface area contributed by atoms with Crippen molar-refractivity contribution < 1.29 is 19.7 Å². The van der Waals surface area contributed by atoms with Crippen LogP contribution < -0.4 is 0 Å². The van der Waals surface area contributed by atoms with Gasteiger partial charge in [0.15, 0.2) is 0 Å². The van der Waals surface area contributed by atoms with Crippen LogP contribution in [0.3, 0.4) is 0 Å². The lowest BCUT2D eigenvalue weighted by Gasteiger charge is -2.16. The number of esters is 1. The number of hydrogen-bond donors (Lipinski definition) is 2. The number of carbonyl (C=O) groups excluding carboxylic acids is 1. The van der Waals surface area contributed by atoms with Gasteiger partial charge in [0.25, 0.3) is 0 Å². The molecule has 1 aromatic rings. The molecule has 0 spiro atoms. The van der Waals surface area contributed by atoms with Gasteiger partial charge in [-0.3, -0.25) is 4.79 Å². The van der Waals surface area contributed by atoms with Gasteiger partial charge in [0.05, 0.1) is 19.6 Å². The Morgan fingerprint density at radius 1 is 1.47 bits per heavy atom. The Morgan fingerprint density at radius 2 is 2.18 bits per heavy atom. The van der Waals surface area contributed by atoms with E-state index >= 15 is 0 Å². The van der Waals surface area contributed by atoms with Gasteiger partial charge >= 0.3 is 5.97 Å². The fraction of sp³-hybridized carbons (Fsp3) is 0.417. The Kier molecular flexibility index (Phi) is 5.61. The molecule has 2 N–H and O–H groups in total. The summed E-state index contributed by atoms with van der Waals surface area (Å²) in [7, 11) is 1.33. The lowest BCUT2D eigenvalue weighted by molar-refractivity contribution is -0.139. The topological polar surface area (TPSA) is 66.8 Å². The predicted octanol–water partition coefficient (Wildman–Crippen LogP) is 1.19. The first-order valence-corrected chi connectivity index (χ1v) is 6.28. The molecular weight excluding hydrogens is 288 g/mol. The third-order valence-electron chi connectivity index (χ3n) is 2.39. The van der Waals surface area contributed by atoms with Gasteiger partial charge in [-0.25, -0.2) is 0 Å². The summed E-state index contributed by atoms with van der Waals surface area (Å²) in [5.41, 5.74) is 1.33. The van der Waals surface area contributed by atoms with Crippen LogP contribution in [0.5, 0.6) is 0 Å². The van der Waals surface area contributed by atoms with Crippen LogP contribution in [0.2, 0.25) is 0 Å². The Balaban J connectivity index is 2.81. The molecule has 2 unspecified atom stereocenters. The second-order valence-corrected chi connectivity index (χ2v) is 4.31. The van der Waals surface area contributed by atoms with Gasteiger partial charge in [-0.15, -0.1) is 0 Å². The van der Waals surface area contributed by atoms with E-state index in [0.29, 0.717) is 5.56 Å². The summed E-state index contributed by atoms with van der Waals surface area (Å²) in [6, 6.07) is 6.90. The molecule has 0 amide bonds. The molecule has 5 heteroatoms. The Hall–Kier alpha value is -0.910. The fourth-order valence-corrected chi connectivity index (χ4v) is 1.79. The van der Waals surface area contributed by atoms with Crippen molar-refractivity contribution in [2.75, 3.05) is 12.4 Å². The van der Waals surface area contributed by atoms with E-state index in [1.807, 2.05) is 0 Å². The predicted molar refractivity (Wildman–Crippen MR) is 66.9 cm³/mol. The van der Waals surface area contributed by atoms with Crippen LogP contribution in [-0.2, 0) is 16.0 Å². The molecular formula is C12H15BrO4. The number of aliphatic hydroxyl groups is 2. The van der Waals surface area contributed by atoms with Gasteiger partial charge in [0, 0.05) is 5.33 Å². The number of hydrogen-bond acceptors (Lipinski definition) is 4. The zero-order chi connectivity index (χ0) is 12.8. The number of halogens is 1. The van der Waals surface area contributed by atoms with E-state index in [9.17, 15) is 15.0 Å². The molecule has 0 fully saturated rings. The molecule has 17 heavy (non-hydrogen) atoms. The molecule has 0 aliphatic carbocycles. The molecule has 0 aromatic heterocycles. The van der Waals surface area contributed by atoms with Crippen molar-refractivity contribution in [3.63, 3.8) is 0 Å². The zero-order valence-corrected chi connectivity index (χ0v) is 11.1. The molecule has 0 aliphatic rings. The molecule has 0 heterocycles. The van der Waals surface area contributed by atoms with E-state index < -0.39 is 12.2 Å². The standard InChI is InChI=1S/C12H15BrO4/c1-17-11(15)6-8-3-2-4-9(5-8)12(16)10(14)7-13/h2-5,10,12,14,16H,6-7H2,1H3. The van der Waals surface area contributed by atoms with Gasteiger partial charge in [-0.1, -0.05) is 40.2 Å². The highest BCUT2D eigenvalue weighted by atomic mass is 79.9. The van der Waals surface area contributed by atoms with Crippen molar-refractivity contribution in [3.8, 4) is 0 Å². The van der Waals surface area contributed by atoms with Gasteiger partial charge in [0.2, 0.25) is 0 Å². The first-order chi connectivity index (χ1) is 8.08. The SMILES string of the molecule is COC(=O)Cc1cccc(C(O)C(O)CBr)c1. The van der Waals surface area contributed by atoms with Crippen LogP contribution in [0.25, 0.3) is 0 Å². The first-order valence-electron chi connectivity index (χ1n) is 5.16. The number of methoxy groups -OCH3 is 1. The molecule has 4 nitrogen and oxygen atoms in total. The monoisotopic (exact) mass is 302 g/mol.